The number of carbonyl (C=O) groups is 1. The Morgan fingerprint density at radius 2 is 1.74 bits per heavy atom. The Kier molecular flexibility index (Phi) is 7.56. The van der Waals surface area contributed by atoms with E-state index in [1.54, 1.807) is 48.5 Å². The zero-order chi connectivity index (χ0) is 22.2. The van der Waals surface area contributed by atoms with Crippen LogP contribution >= 0.6 is 0 Å². The van der Waals surface area contributed by atoms with E-state index in [-0.39, 0.29) is 18.0 Å². The van der Waals surface area contributed by atoms with Gasteiger partial charge in [0.1, 0.15) is 24.0 Å². The molecular weight excluding hydrogens is 403 g/mol. The summed E-state index contributed by atoms with van der Waals surface area (Å²) in [6.45, 7) is 0.321. The summed E-state index contributed by atoms with van der Waals surface area (Å²) >= 11 is 0. The van der Waals surface area contributed by atoms with Gasteiger partial charge in [0.15, 0.2) is 12.0 Å². The fourth-order valence-electron chi connectivity index (χ4n) is 3.11. The highest BCUT2D eigenvalue weighted by Gasteiger charge is 2.29. The summed E-state index contributed by atoms with van der Waals surface area (Å²) in [5, 5.41) is 0. The van der Waals surface area contributed by atoms with Crippen LogP contribution < -0.4 is 14.4 Å². The molecule has 162 valence electrons. The molecule has 0 saturated carbocycles. The van der Waals surface area contributed by atoms with E-state index in [1.807, 2.05) is 6.07 Å². The van der Waals surface area contributed by atoms with E-state index in [0.717, 1.165) is 0 Å². The zero-order valence-corrected chi connectivity index (χ0v) is 17.3. The highest BCUT2D eigenvalue weighted by Crippen LogP contribution is 2.38. The van der Waals surface area contributed by atoms with Crippen LogP contribution in [0.2, 0.25) is 0 Å². The molecule has 0 aliphatic carbocycles. The minimum absolute atomic E-state index is 0.156. The number of nitrogens with zero attached hydrogens (tertiary/aromatic N) is 1. The maximum Gasteiger partial charge on any atom is 0.226 e. The Bertz CT molecular complexity index is 1010. The minimum atomic E-state index is -1.02. The van der Waals surface area contributed by atoms with Crippen LogP contribution in [0.25, 0.3) is 0 Å². The lowest BCUT2D eigenvalue weighted by Gasteiger charge is -2.32. The number of alkyl halides is 1. The Labute approximate surface area is 179 Å². The third kappa shape index (κ3) is 5.58. The lowest BCUT2D eigenvalue weighted by Crippen LogP contribution is -2.35. The SMILES string of the molecule is COc1cccc(C(OCC[18F])N(C(C)=O)c2cc(F)ccc2Oc2ccccc2)c1. The largest absolute Gasteiger partial charge is 0.497 e. The first-order valence-corrected chi connectivity index (χ1v) is 9.67. The molecule has 5 nitrogen and oxygen atoms in total. The number of methoxy groups -OCH3 is 1. The van der Waals surface area contributed by atoms with Crippen LogP contribution in [0.4, 0.5) is 14.5 Å². The minimum Gasteiger partial charge on any atom is -0.497 e. The topological polar surface area (TPSA) is 48.0 Å². The fraction of sp³-hybridized carbons (Fsp3) is 0.208. The summed E-state index contributed by atoms with van der Waals surface area (Å²) in [6.07, 6.45) is -1.02. The molecule has 7 heteroatoms. The van der Waals surface area contributed by atoms with Gasteiger partial charge in [-0.1, -0.05) is 30.3 Å². The summed E-state index contributed by atoms with van der Waals surface area (Å²) in [5.74, 6) is 0.308. The molecule has 1 amide bonds. The van der Waals surface area contributed by atoms with Crippen LogP contribution in [0, 0.1) is 5.82 Å². The van der Waals surface area contributed by atoms with E-state index < -0.39 is 24.6 Å². The van der Waals surface area contributed by atoms with Gasteiger partial charge in [-0.3, -0.25) is 9.69 Å². The van der Waals surface area contributed by atoms with Crippen LogP contribution in [0.1, 0.15) is 18.7 Å². The highest BCUT2D eigenvalue weighted by atomic mass is 19.1. The maximum absolute atomic E-state index is 14.2. The van der Waals surface area contributed by atoms with Crippen LogP contribution in [-0.4, -0.2) is 26.3 Å². The third-order valence-corrected chi connectivity index (χ3v) is 4.46. The average molecular weight is 426 g/mol. The van der Waals surface area contributed by atoms with Crippen LogP contribution in [0.3, 0.4) is 0 Å². The van der Waals surface area contributed by atoms with Gasteiger partial charge in [0.25, 0.3) is 0 Å². The van der Waals surface area contributed by atoms with Crippen molar-refractivity contribution in [3.63, 3.8) is 0 Å². The van der Waals surface area contributed by atoms with E-state index in [1.165, 1.54) is 37.1 Å². The second kappa shape index (κ2) is 10.5. The molecule has 1 unspecified atom stereocenters. The molecule has 0 spiro atoms. The van der Waals surface area contributed by atoms with Gasteiger partial charge in [-0.05, 0) is 36.4 Å². The first-order chi connectivity index (χ1) is 15.0. The van der Waals surface area contributed by atoms with Crippen molar-refractivity contribution in [3.8, 4) is 17.2 Å². The molecule has 0 heterocycles. The van der Waals surface area contributed by atoms with Crippen LogP contribution in [0.15, 0.2) is 72.8 Å². The van der Waals surface area contributed by atoms with Crippen molar-refractivity contribution in [3.05, 3.63) is 84.2 Å². The van der Waals surface area contributed by atoms with Gasteiger partial charge in [-0.15, -0.1) is 0 Å². The molecule has 31 heavy (non-hydrogen) atoms. The molecule has 0 N–H and O–H groups in total. The Balaban J connectivity index is 2.09. The fourth-order valence-corrected chi connectivity index (χ4v) is 3.11. The normalized spacial score (nSPS) is 11.6. The van der Waals surface area contributed by atoms with Crippen molar-refractivity contribution in [2.24, 2.45) is 0 Å². The zero-order valence-electron chi connectivity index (χ0n) is 17.3. The highest BCUT2D eigenvalue weighted by molar-refractivity contribution is 5.93. The van der Waals surface area contributed by atoms with E-state index in [0.29, 0.717) is 17.1 Å². The van der Waals surface area contributed by atoms with Crippen molar-refractivity contribution in [2.45, 2.75) is 13.2 Å². The van der Waals surface area contributed by atoms with Crippen molar-refractivity contribution >= 4 is 11.6 Å². The standard InChI is InChI=1S/C24H23F2NO4/c1-17(28)27(24(30-14-13-25)18-7-6-10-21(15-18)29-2)22-16-19(26)11-12-23(22)31-20-8-4-3-5-9-20/h3-12,15-16,24H,13-14H2,1-2H3/i25-1. The number of para-hydroxylation sites is 1. The monoisotopic (exact) mass is 426 g/mol. The van der Waals surface area contributed by atoms with Crippen molar-refractivity contribution in [2.75, 3.05) is 25.3 Å². The van der Waals surface area contributed by atoms with E-state index >= 15 is 0 Å². The summed E-state index contributed by atoms with van der Waals surface area (Å²) in [4.78, 5) is 14.0. The molecule has 0 saturated heterocycles. The first-order valence-electron chi connectivity index (χ1n) is 9.67. The van der Waals surface area contributed by atoms with Crippen molar-refractivity contribution < 1.29 is 27.8 Å². The van der Waals surface area contributed by atoms with Gasteiger partial charge in [0.05, 0.1) is 19.4 Å². The molecule has 0 radical (unpaired) electrons. The number of rotatable bonds is 9. The third-order valence-electron chi connectivity index (χ3n) is 4.46. The van der Waals surface area contributed by atoms with Crippen molar-refractivity contribution in [1.82, 2.24) is 0 Å². The number of carbonyl (C=O) groups excluding carboxylic acids is 1. The molecule has 3 rings (SSSR count). The number of halogens is 2. The molecule has 0 aliphatic rings. The second-order valence-corrected chi connectivity index (χ2v) is 6.60. The summed E-state index contributed by atoms with van der Waals surface area (Å²) in [7, 11) is 1.51. The first kappa shape index (κ1) is 22.2. The Hall–Kier alpha value is -3.45. The smallest absolute Gasteiger partial charge is 0.226 e. The van der Waals surface area contributed by atoms with E-state index in [9.17, 15) is 13.6 Å². The van der Waals surface area contributed by atoms with Gasteiger partial charge in [-0.25, -0.2) is 8.78 Å². The molecule has 3 aromatic rings. The Morgan fingerprint density at radius 1 is 1.00 bits per heavy atom. The molecule has 0 aromatic heterocycles. The number of amides is 1. The molecular formula is C24H23F2NO4. The number of anilines is 1. The number of ether oxygens (including phenoxy) is 3. The van der Waals surface area contributed by atoms with Gasteiger partial charge >= 0.3 is 0 Å². The van der Waals surface area contributed by atoms with Crippen LogP contribution in [0.5, 0.6) is 17.2 Å². The summed E-state index contributed by atoms with van der Waals surface area (Å²) in [5.41, 5.74) is 0.695. The Morgan fingerprint density at radius 3 is 2.42 bits per heavy atom. The predicted molar refractivity (Wildman–Crippen MR) is 114 cm³/mol. The molecule has 3 aromatic carbocycles. The average Bonchev–Trinajstić information content (AvgIpc) is 2.78. The molecule has 0 fully saturated rings. The molecule has 0 aliphatic heterocycles. The van der Waals surface area contributed by atoms with Gasteiger partial charge in [-0.2, -0.15) is 0 Å². The lowest BCUT2D eigenvalue weighted by atomic mass is 10.1. The summed E-state index contributed by atoms with van der Waals surface area (Å²) < 4.78 is 44.1. The number of benzene rings is 3. The van der Waals surface area contributed by atoms with Crippen molar-refractivity contribution in [1.29, 1.82) is 0 Å². The number of hydrogen-bond acceptors (Lipinski definition) is 4. The molecule has 1 atom stereocenters. The van der Waals surface area contributed by atoms with Gasteiger partial charge in [0.2, 0.25) is 5.91 Å². The summed E-state index contributed by atoms with van der Waals surface area (Å²) in [6, 6.07) is 19.6. The van der Waals surface area contributed by atoms with Gasteiger partial charge in [0, 0.05) is 18.6 Å². The van der Waals surface area contributed by atoms with E-state index in [4.69, 9.17) is 14.2 Å². The van der Waals surface area contributed by atoms with Gasteiger partial charge < -0.3 is 14.2 Å². The maximum atomic E-state index is 14.2. The molecule has 0 bridgehead atoms. The van der Waals surface area contributed by atoms with Crippen LogP contribution in [-0.2, 0) is 9.53 Å². The lowest BCUT2D eigenvalue weighted by molar-refractivity contribution is -0.119. The van der Waals surface area contributed by atoms with E-state index in [2.05, 4.69) is 0 Å². The predicted octanol–water partition coefficient (Wildman–Crippen LogP) is 5.66. The quantitative estimate of drug-likeness (QED) is 0.414. The second-order valence-electron chi connectivity index (χ2n) is 6.60. The number of hydrogen-bond donors (Lipinski definition) is 0.